The van der Waals surface area contributed by atoms with E-state index in [1.54, 1.807) is 12.1 Å². The summed E-state index contributed by atoms with van der Waals surface area (Å²) in [5.74, 6) is 0.959. The number of methoxy groups -OCH3 is 1. The summed E-state index contributed by atoms with van der Waals surface area (Å²) in [6.07, 6.45) is 1.46. The maximum absolute atomic E-state index is 5.78. The third-order valence-corrected chi connectivity index (χ3v) is 2.10. The maximum Gasteiger partial charge on any atom is 0.236 e. The van der Waals surface area contributed by atoms with Crippen LogP contribution in [0.15, 0.2) is 30.5 Å². The second-order valence-electron chi connectivity index (χ2n) is 2.83. The maximum atomic E-state index is 5.78. The molecule has 0 atom stereocenters. The molecule has 1 heterocycles. The summed E-state index contributed by atoms with van der Waals surface area (Å²) in [6.45, 7) is 0. The van der Waals surface area contributed by atoms with E-state index >= 15 is 0 Å². The highest BCUT2D eigenvalue weighted by Gasteiger charge is 2.03. The quantitative estimate of drug-likeness (QED) is 0.780. The Morgan fingerprint density at radius 3 is 2.60 bits per heavy atom. The van der Waals surface area contributed by atoms with Gasteiger partial charge in [-0.15, -0.1) is 5.10 Å². The van der Waals surface area contributed by atoms with Gasteiger partial charge in [0.2, 0.25) is 5.88 Å². The van der Waals surface area contributed by atoms with Crippen LogP contribution in [-0.2, 0) is 0 Å². The number of hydrogen-bond acceptors (Lipinski definition) is 4. The molecular weight excluding hydrogens is 214 g/mol. The Morgan fingerprint density at radius 2 is 1.93 bits per heavy atom. The zero-order valence-electron chi connectivity index (χ0n) is 8.01. The molecule has 0 fully saturated rings. The molecule has 4 nitrogen and oxygen atoms in total. The van der Waals surface area contributed by atoms with Gasteiger partial charge in [-0.1, -0.05) is 11.6 Å². The van der Waals surface area contributed by atoms with Gasteiger partial charge in [-0.2, -0.15) is 10.1 Å². The van der Waals surface area contributed by atoms with Gasteiger partial charge in [0.05, 0.1) is 7.11 Å². The molecule has 2 rings (SSSR count). The Hall–Kier alpha value is -1.68. The Labute approximate surface area is 91.9 Å². The molecule has 1 aromatic heterocycles. The van der Waals surface area contributed by atoms with Gasteiger partial charge in [0.25, 0.3) is 0 Å². The minimum absolute atomic E-state index is 0.440. The van der Waals surface area contributed by atoms with E-state index in [4.69, 9.17) is 16.3 Å². The number of benzene rings is 1. The molecule has 0 saturated carbocycles. The van der Waals surface area contributed by atoms with Crippen molar-refractivity contribution in [2.45, 2.75) is 0 Å². The van der Waals surface area contributed by atoms with Crippen molar-refractivity contribution in [2.75, 3.05) is 7.11 Å². The highest BCUT2D eigenvalue weighted by atomic mass is 35.5. The zero-order chi connectivity index (χ0) is 10.7. The van der Waals surface area contributed by atoms with Crippen LogP contribution in [0.4, 0.5) is 0 Å². The summed E-state index contributed by atoms with van der Waals surface area (Å²) < 4.78 is 4.96. The third kappa shape index (κ3) is 2.22. The Bertz CT molecular complexity index is 458. The lowest BCUT2D eigenvalue weighted by Gasteiger charge is -2.01. The van der Waals surface area contributed by atoms with Crippen molar-refractivity contribution in [3.05, 3.63) is 35.5 Å². The first-order valence-electron chi connectivity index (χ1n) is 4.29. The number of ether oxygens (including phenoxy) is 1. The number of aromatic nitrogens is 3. The molecule has 0 amide bonds. The summed E-state index contributed by atoms with van der Waals surface area (Å²) >= 11 is 5.78. The van der Waals surface area contributed by atoms with E-state index in [0.717, 1.165) is 5.56 Å². The van der Waals surface area contributed by atoms with Crippen molar-refractivity contribution in [2.24, 2.45) is 0 Å². The Kier molecular flexibility index (Phi) is 2.78. The van der Waals surface area contributed by atoms with E-state index in [1.165, 1.54) is 13.3 Å². The molecular formula is C10H8ClN3O. The summed E-state index contributed by atoms with van der Waals surface area (Å²) in [4.78, 5) is 4.15. The van der Waals surface area contributed by atoms with Crippen LogP contribution in [0.3, 0.4) is 0 Å². The molecule has 0 aliphatic carbocycles. The van der Waals surface area contributed by atoms with Gasteiger partial charge in [-0.25, -0.2) is 0 Å². The smallest absolute Gasteiger partial charge is 0.236 e. The Morgan fingerprint density at radius 1 is 1.20 bits per heavy atom. The molecule has 2 aromatic rings. The van der Waals surface area contributed by atoms with E-state index in [0.29, 0.717) is 16.7 Å². The van der Waals surface area contributed by atoms with Crippen LogP contribution in [-0.4, -0.2) is 22.3 Å². The molecule has 0 aliphatic rings. The lowest BCUT2D eigenvalue weighted by Crippen LogP contribution is -1.95. The molecule has 0 N–H and O–H groups in total. The molecule has 5 heteroatoms. The van der Waals surface area contributed by atoms with Gasteiger partial charge >= 0.3 is 0 Å². The van der Waals surface area contributed by atoms with E-state index in [2.05, 4.69) is 15.2 Å². The molecule has 76 valence electrons. The first-order valence-corrected chi connectivity index (χ1v) is 4.67. The van der Waals surface area contributed by atoms with Crippen molar-refractivity contribution in [3.63, 3.8) is 0 Å². The number of hydrogen-bond donors (Lipinski definition) is 0. The first kappa shape index (κ1) is 9.86. The second kappa shape index (κ2) is 4.23. The van der Waals surface area contributed by atoms with Crippen molar-refractivity contribution in [3.8, 4) is 17.3 Å². The van der Waals surface area contributed by atoms with Crippen LogP contribution in [0, 0.1) is 0 Å². The fraction of sp³-hybridized carbons (Fsp3) is 0.100. The monoisotopic (exact) mass is 221 g/mol. The van der Waals surface area contributed by atoms with Crippen LogP contribution in [0.1, 0.15) is 0 Å². The molecule has 1 aromatic carbocycles. The molecule has 0 radical (unpaired) electrons. The summed E-state index contributed by atoms with van der Waals surface area (Å²) in [6, 6.07) is 7.22. The van der Waals surface area contributed by atoms with E-state index in [9.17, 15) is 0 Å². The average molecular weight is 222 g/mol. The molecule has 0 saturated heterocycles. The molecule has 15 heavy (non-hydrogen) atoms. The highest BCUT2D eigenvalue weighted by molar-refractivity contribution is 6.30. The Balaban J connectivity index is 2.40. The van der Waals surface area contributed by atoms with Gasteiger partial charge in [0, 0.05) is 10.6 Å². The number of nitrogens with zero attached hydrogens (tertiary/aromatic N) is 3. The van der Waals surface area contributed by atoms with Gasteiger partial charge in [0.1, 0.15) is 6.20 Å². The lowest BCUT2D eigenvalue weighted by molar-refractivity contribution is 0.394. The summed E-state index contributed by atoms with van der Waals surface area (Å²) in [5.41, 5.74) is 0.853. The fourth-order valence-electron chi connectivity index (χ4n) is 1.11. The predicted octanol–water partition coefficient (Wildman–Crippen LogP) is 2.20. The van der Waals surface area contributed by atoms with Crippen molar-refractivity contribution in [1.29, 1.82) is 0 Å². The normalized spacial score (nSPS) is 10.0. The van der Waals surface area contributed by atoms with Gasteiger partial charge in [-0.3, -0.25) is 0 Å². The van der Waals surface area contributed by atoms with Crippen LogP contribution < -0.4 is 4.74 Å². The van der Waals surface area contributed by atoms with Crippen LogP contribution in [0.2, 0.25) is 5.02 Å². The van der Waals surface area contributed by atoms with E-state index < -0.39 is 0 Å². The van der Waals surface area contributed by atoms with Gasteiger partial charge in [0.15, 0.2) is 5.82 Å². The fourth-order valence-corrected chi connectivity index (χ4v) is 1.23. The molecule has 0 spiro atoms. The predicted molar refractivity (Wildman–Crippen MR) is 56.8 cm³/mol. The summed E-state index contributed by atoms with van der Waals surface area (Å²) in [5, 5.41) is 8.36. The molecule has 0 aliphatic heterocycles. The van der Waals surface area contributed by atoms with E-state index in [-0.39, 0.29) is 0 Å². The van der Waals surface area contributed by atoms with E-state index in [1.807, 2.05) is 12.1 Å². The minimum Gasteiger partial charge on any atom is -0.480 e. The van der Waals surface area contributed by atoms with Crippen molar-refractivity contribution < 1.29 is 4.74 Å². The second-order valence-corrected chi connectivity index (χ2v) is 3.27. The van der Waals surface area contributed by atoms with Gasteiger partial charge < -0.3 is 4.74 Å². The standard InChI is InChI=1S/C10H8ClN3O/c1-15-9-6-12-14-10(13-9)7-2-4-8(11)5-3-7/h2-6H,1H3. The van der Waals surface area contributed by atoms with Crippen molar-refractivity contribution >= 4 is 11.6 Å². The van der Waals surface area contributed by atoms with Crippen LogP contribution in [0.5, 0.6) is 5.88 Å². The molecule has 0 bridgehead atoms. The average Bonchev–Trinajstić information content (AvgIpc) is 2.30. The SMILES string of the molecule is COc1cnnc(-c2ccc(Cl)cc2)n1. The zero-order valence-corrected chi connectivity index (χ0v) is 8.77. The number of rotatable bonds is 2. The lowest BCUT2D eigenvalue weighted by atomic mass is 10.2. The van der Waals surface area contributed by atoms with Gasteiger partial charge in [-0.05, 0) is 24.3 Å². The first-order chi connectivity index (χ1) is 7.29. The summed E-state index contributed by atoms with van der Waals surface area (Å²) in [7, 11) is 1.54. The third-order valence-electron chi connectivity index (χ3n) is 1.85. The minimum atomic E-state index is 0.440. The highest BCUT2D eigenvalue weighted by Crippen LogP contribution is 2.18. The van der Waals surface area contributed by atoms with Crippen molar-refractivity contribution in [1.82, 2.24) is 15.2 Å². The topological polar surface area (TPSA) is 47.9 Å². The van der Waals surface area contributed by atoms with Crippen LogP contribution >= 0.6 is 11.6 Å². The molecule has 0 unspecified atom stereocenters. The largest absolute Gasteiger partial charge is 0.480 e. The van der Waals surface area contributed by atoms with Crippen LogP contribution in [0.25, 0.3) is 11.4 Å². The number of halogens is 1.